The summed E-state index contributed by atoms with van der Waals surface area (Å²) in [5, 5.41) is 2.99. The van der Waals surface area contributed by atoms with Crippen molar-refractivity contribution in [2.75, 3.05) is 20.3 Å². The van der Waals surface area contributed by atoms with Crippen LogP contribution in [-0.2, 0) is 4.74 Å². The summed E-state index contributed by atoms with van der Waals surface area (Å²) in [6.45, 7) is 2.96. The van der Waals surface area contributed by atoms with E-state index in [0.29, 0.717) is 42.5 Å². The van der Waals surface area contributed by atoms with Gasteiger partial charge in [-0.05, 0) is 69.6 Å². The van der Waals surface area contributed by atoms with E-state index in [4.69, 9.17) is 9.47 Å². The molecule has 2 heterocycles. The molecular weight excluding hydrogens is 344 g/mol. The van der Waals surface area contributed by atoms with Crippen LogP contribution in [0.2, 0.25) is 0 Å². The smallest absolute Gasteiger partial charge is 0.410 e. The molecule has 2 aliphatic heterocycles. The first-order chi connectivity index (χ1) is 13.1. The van der Waals surface area contributed by atoms with Crippen LogP contribution in [0.25, 0.3) is 0 Å². The molecule has 2 fully saturated rings. The van der Waals surface area contributed by atoms with Gasteiger partial charge in [0.25, 0.3) is 5.91 Å². The maximum absolute atomic E-state index is 12.2. The number of hydrogen-bond donors (Lipinski definition) is 1. The molecule has 1 aromatic rings. The van der Waals surface area contributed by atoms with Crippen LogP contribution in [-0.4, -0.2) is 49.2 Å². The Balaban J connectivity index is 1.40. The van der Waals surface area contributed by atoms with Gasteiger partial charge in [0.15, 0.2) is 0 Å². The van der Waals surface area contributed by atoms with Gasteiger partial charge in [0.2, 0.25) is 0 Å². The number of carbonyl (C=O) groups is 2. The predicted molar refractivity (Wildman–Crippen MR) is 103 cm³/mol. The maximum Gasteiger partial charge on any atom is 0.410 e. The number of rotatable bonds is 7. The number of nitrogens with zero attached hydrogens (tertiary/aromatic N) is 1. The van der Waals surface area contributed by atoms with Crippen molar-refractivity contribution < 1.29 is 19.1 Å². The number of hydrogen-bond acceptors (Lipinski definition) is 4. The van der Waals surface area contributed by atoms with Gasteiger partial charge in [-0.15, -0.1) is 0 Å². The van der Waals surface area contributed by atoms with Crippen LogP contribution in [0.1, 0.15) is 55.8 Å². The molecule has 1 aromatic carbocycles. The highest BCUT2D eigenvalue weighted by Crippen LogP contribution is 2.40. The van der Waals surface area contributed by atoms with Crippen LogP contribution < -0.4 is 10.1 Å². The molecule has 2 aliphatic rings. The summed E-state index contributed by atoms with van der Waals surface area (Å²) in [5.74, 6) is 1.25. The third-order valence-corrected chi connectivity index (χ3v) is 5.72. The van der Waals surface area contributed by atoms with E-state index in [0.717, 1.165) is 38.5 Å². The van der Waals surface area contributed by atoms with E-state index < -0.39 is 0 Å². The van der Waals surface area contributed by atoms with E-state index in [1.165, 1.54) is 0 Å². The first kappa shape index (κ1) is 19.5. The van der Waals surface area contributed by atoms with Crippen molar-refractivity contribution in [3.05, 3.63) is 29.8 Å². The Morgan fingerprint density at radius 1 is 1.22 bits per heavy atom. The Bertz CT molecular complexity index is 649. The monoisotopic (exact) mass is 374 g/mol. The van der Waals surface area contributed by atoms with Gasteiger partial charge in [-0.2, -0.15) is 0 Å². The zero-order valence-electron chi connectivity index (χ0n) is 16.3. The fourth-order valence-electron chi connectivity index (χ4n) is 4.48. The molecule has 1 N–H and O–H groups in total. The molecule has 148 valence electrons. The summed E-state index contributed by atoms with van der Waals surface area (Å²) in [6, 6.07) is 7.85. The van der Waals surface area contributed by atoms with Crippen LogP contribution in [0.3, 0.4) is 0 Å². The lowest BCUT2D eigenvalue weighted by Crippen LogP contribution is -2.46. The SMILES string of the molecule is CCOC(=O)N1C2CCC1CC(CCCNC(=O)c1cccc(OC)c1)C2. The average Bonchev–Trinajstić information content (AvgIpc) is 2.96. The van der Waals surface area contributed by atoms with E-state index in [1.54, 1.807) is 19.2 Å². The minimum Gasteiger partial charge on any atom is -0.497 e. The van der Waals surface area contributed by atoms with Gasteiger partial charge in [0.1, 0.15) is 5.75 Å². The van der Waals surface area contributed by atoms with Crippen molar-refractivity contribution in [1.82, 2.24) is 10.2 Å². The summed E-state index contributed by atoms with van der Waals surface area (Å²) in [5.41, 5.74) is 0.620. The zero-order valence-corrected chi connectivity index (χ0v) is 16.3. The minimum absolute atomic E-state index is 0.0638. The number of fused-ring (bicyclic) bond motifs is 2. The molecule has 2 unspecified atom stereocenters. The van der Waals surface area contributed by atoms with Crippen molar-refractivity contribution in [3.63, 3.8) is 0 Å². The van der Waals surface area contributed by atoms with Gasteiger partial charge in [0.05, 0.1) is 13.7 Å². The van der Waals surface area contributed by atoms with Gasteiger partial charge in [-0.3, -0.25) is 4.79 Å². The van der Waals surface area contributed by atoms with Crippen molar-refractivity contribution >= 4 is 12.0 Å². The second kappa shape index (κ2) is 9.11. The second-order valence-electron chi connectivity index (χ2n) is 7.46. The lowest BCUT2D eigenvalue weighted by atomic mass is 9.87. The topological polar surface area (TPSA) is 67.9 Å². The van der Waals surface area contributed by atoms with Crippen LogP contribution in [0.5, 0.6) is 5.75 Å². The van der Waals surface area contributed by atoms with Crippen molar-refractivity contribution in [2.24, 2.45) is 5.92 Å². The molecule has 0 saturated carbocycles. The summed E-state index contributed by atoms with van der Waals surface area (Å²) >= 11 is 0. The quantitative estimate of drug-likeness (QED) is 0.741. The summed E-state index contributed by atoms with van der Waals surface area (Å²) in [6.07, 6.45) is 6.19. The van der Waals surface area contributed by atoms with Crippen molar-refractivity contribution in [1.29, 1.82) is 0 Å². The largest absolute Gasteiger partial charge is 0.497 e. The van der Waals surface area contributed by atoms with Gasteiger partial charge in [0, 0.05) is 24.2 Å². The number of amides is 2. The van der Waals surface area contributed by atoms with Crippen molar-refractivity contribution in [2.45, 2.75) is 57.5 Å². The Labute approximate surface area is 161 Å². The van der Waals surface area contributed by atoms with Gasteiger partial charge in [-0.25, -0.2) is 4.79 Å². The van der Waals surface area contributed by atoms with Gasteiger partial charge in [-0.1, -0.05) is 6.07 Å². The van der Waals surface area contributed by atoms with Gasteiger partial charge >= 0.3 is 6.09 Å². The maximum atomic E-state index is 12.2. The molecule has 0 aliphatic carbocycles. The number of ether oxygens (including phenoxy) is 2. The third-order valence-electron chi connectivity index (χ3n) is 5.72. The number of methoxy groups -OCH3 is 1. The summed E-state index contributed by atoms with van der Waals surface area (Å²) in [4.78, 5) is 26.3. The highest BCUT2D eigenvalue weighted by molar-refractivity contribution is 5.94. The summed E-state index contributed by atoms with van der Waals surface area (Å²) in [7, 11) is 1.59. The number of nitrogens with one attached hydrogen (secondary N) is 1. The second-order valence-corrected chi connectivity index (χ2v) is 7.46. The number of piperidine rings is 1. The van der Waals surface area contributed by atoms with Crippen molar-refractivity contribution in [3.8, 4) is 5.75 Å². The lowest BCUT2D eigenvalue weighted by molar-refractivity contribution is 0.0588. The molecule has 27 heavy (non-hydrogen) atoms. The fraction of sp³-hybridized carbons (Fsp3) is 0.619. The molecular formula is C21H30N2O4. The Morgan fingerprint density at radius 2 is 1.96 bits per heavy atom. The third kappa shape index (κ3) is 4.73. The van der Waals surface area contributed by atoms with Gasteiger partial charge < -0.3 is 19.7 Å². The standard InChI is InChI=1S/C21H30N2O4/c1-3-27-21(25)23-17-9-10-18(23)13-15(12-17)6-5-11-22-20(24)16-7-4-8-19(14-16)26-2/h4,7-8,14-15,17-18H,3,5-6,9-13H2,1-2H3,(H,22,24). The van der Waals surface area contributed by atoms with Crippen LogP contribution >= 0.6 is 0 Å². The van der Waals surface area contributed by atoms with E-state index >= 15 is 0 Å². The molecule has 6 nitrogen and oxygen atoms in total. The van der Waals surface area contributed by atoms with E-state index in [1.807, 2.05) is 24.0 Å². The molecule has 0 radical (unpaired) electrons. The molecule has 2 amide bonds. The Morgan fingerprint density at radius 3 is 2.63 bits per heavy atom. The normalized spacial score (nSPS) is 23.8. The molecule has 2 bridgehead atoms. The minimum atomic E-state index is -0.144. The average molecular weight is 374 g/mol. The highest BCUT2D eigenvalue weighted by Gasteiger charge is 2.43. The first-order valence-corrected chi connectivity index (χ1v) is 9.99. The van der Waals surface area contributed by atoms with E-state index in [2.05, 4.69) is 5.32 Å². The lowest BCUT2D eigenvalue weighted by Gasteiger charge is -2.38. The number of carbonyl (C=O) groups excluding carboxylic acids is 2. The highest BCUT2D eigenvalue weighted by atomic mass is 16.6. The fourth-order valence-corrected chi connectivity index (χ4v) is 4.48. The molecule has 0 spiro atoms. The first-order valence-electron chi connectivity index (χ1n) is 9.99. The number of benzene rings is 1. The zero-order chi connectivity index (χ0) is 19.2. The van der Waals surface area contributed by atoms with E-state index in [-0.39, 0.29) is 12.0 Å². The van der Waals surface area contributed by atoms with E-state index in [9.17, 15) is 9.59 Å². The predicted octanol–water partition coefficient (Wildman–Crippen LogP) is 3.60. The molecule has 2 atom stereocenters. The van der Waals surface area contributed by atoms with Crippen LogP contribution in [0, 0.1) is 5.92 Å². The Kier molecular flexibility index (Phi) is 6.58. The molecule has 0 aromatic heterocycles. The molecule has 6 heteroatoms. The summed E-state index contributed by atoms with van der Waals surface area (Å²) < 4.78 is 10.4. The molecule has 2 saturated heterocycles. The Hall–Kier alpha value is -2.24. The molecule has 3 rings (SSSR count). The van der Waals surface area contributed by atoms with Crippen LogP contribution in [0.15, 0.2) is 24.3 Å². The van der Waals surface area contributed by atoms with Crippen LogP contribution in [0.4, 0.5) is 4.79 Å².